The van der Waals surface area contributed by atoms with E-state index in [-0.39, 0.29) is 46.2 Å². The van der Waals surface area contributed by atoms with Gasteiger partial charge in [-0.05, 0) is 55.7 Å². The fourth-order valence-corrected chi connectivity index (χ4v) is 6.42. The molecule has 0 unspecified atom stereocenters. The third-order valence-electron chi connectivity index (χ3n) is 9.17. The quantitative estimate of drug-likeness (QED) is 0.183. The summed E-state index contributed by atoms with van der Waals surface area (Å²) in [7, 11) is 2.97. The molecule has 3 aromatic heterocycles. The van der Waals surface area contributed by atoms with Gasteiger partial charge in [0.15, 0.2) is 0 Å². The molecule has 4 N–H and O–H groups in total. The zero-order valence-electron chi connectivity index (χ0n) is 26.8. The van der Waals surface area contributed by atoms with E-state index in [1.165, 1.54) is 26.5 Å². The first-order valence-electron chi connectivity index (χ1n) is 15.5. The van der Waals surface area contributed by atoms with Gasteiger partial charge in [0.25, 0.3) is 5.91 Å². The number of primary amides is 1. The first-order valence-corrected chi connectivity index (χ1v) is 16.2. The summed E-state index contributed by atoms with van der Waals surface area (Å²) in [6, 6.07) is 13.4. The van der Waals surface area contributed by atoms with Crippen LogP contribution in [-0.2, 0) is 15.8 Å². The van der Waals surface area contributed by atoms with E-state index in [2.05, 4.69) is 15.4 Å². The molecule has 252 valence electrons. The van der Waals surface area contributed by atoms with Gasteiger partial charge in [-0.3, -0.25) is 14.3 Å². The minimum Gasteiger partial charge on any atom is -0.494 e. The normalized spacial score (nSPS) is 18.0. The second-order valence-corrected chi connectivity index (χ2v) is 13.2. The molecular weight excluding hydrogens is 671 g/mol. The number of pyridine rings is 2. The number of methoxy groups -OCH3 is 2. The summed E-state index contributed by atoms with van der Waals surface area (Å²) in [5.41, 5.74) is 4.98. The van der Waals surface area contributed by atoms with Gasteiger partial charge < -0.3 is 30.4 Å². The maximum Gasteiger partial charge on any atom is 0.251 e. The predicted octanol–water partition coefficient (Wildman–Crippen LogP) is 4.95. The van der Waals surface area contributed by atoms with Crippen LogP contribution in [0.1, 0.15) is 53.0 Å². The lowest BCUT2D eigenvalue weighted by atomic mass is 9.81. The van der Waals surface area contributed by atoms with Crippen LogP contribution < -0.4 is 25.3 Å². The summed E-state index contributed by atoms with van der Waals surface area (Å²) in [6.07, 6.45) is 5.47. The van der Waals surface area contributed by atoms with Crippen LogP contribution in [0.4, 0.5) is 0 Å². The van der Waals surface area contributed by atoms with Crippen molar-refractivity contribution in [1.82, 2.24) is 25.1 Å². The van der Waals surface area contributed by atoms with Crippen LogP contribution in [0.15, 0.2) is 60.9 Å². The minimum atomic E-state index is -2.01. The molecular formula is C35H32Cl2N6O6. The highest BCUT2D eigenvalue weighted by molar-refractivity contribution is 6.43. The molecule has 0 bridgehead atoms. The summed E-state index contributed by atoms with van der Waals surface area (Å²) in [5.74, 6) is -0.174. The van der Waals surface area contributed by atoms with Crippen LogP contribution in [0.5, 0.6) is 17.4 Å². The van der Waals surface area contributed by atoms with E-state index in [9.17, 15) is 14.7 Å². The van der Waals surface area contributed by atoms with Crippen LogP contribution in [0.2, 0.25) is 10.0 Å². The number of hydrogen-bond donors (Lipinski definition) is 3. The van der Waals surface area contributed by atoms with Crippen molar-refractivity contribution >= 4 is 45.9 Å². The first-order chi connectivity index (χ1) is 23.5. The van der Waals surface area contributed by atoms with Crippen molar-refractivity contribution in [2.24, 2.45) is 5.73 Å². The monoisotopic (exact) mass is 702 g/mol. The molecule has 49 heavy (non-hydrogen) atoms. The van der Waals surface area contributed by atoms with E-state index >= 15 is 0 Å². The summed E-state index contributed by atoms with van der Waals surface area (Å²) < 4.78 is 18.9. The van der Waals surface area contributed by atoms with Gasteiger partial charge in [-0.15, -0.1) is 0 Å². The second kappa shape index (κ2) is 12.2. The summed E-state index contributed by atoms with van der Waals surface area (Å²) in [5, 5.41) is 21.5. The lowest BCUT2D eigenvalue weighted by molar-refractivity contribution is -0.123. The van der Waals surface area contributed by atoms with Gasteiger partial charge in [0, 0.05) is 40.5 Å². The van der Waals surface area contributed by atoms with Crippen molar-refractivity contribution in [2.75, 3.05) is 27.4 Å². The number of carbonyl (C=O) groups excluding carboxylic acids is 2. The average molecular weight is 704 g/mol. The molecule has 14 heteroatoms. The Hall–Kier alpha value is -4.91. The Bertz CT molecular complexity index is 2150. The van der Waals surface area contributed by atoms with E-state index in [0.717, 1.165) is 18.2 Å². The minimum absolute atomic E-state index is 0.0616. The number of ether oxygens (including phenoxy) is 3. The molecule has 2 atom stereocenters. The van der Waals surface area contributed by atoms with E-state index in [1.54, 1.807) is 49.4 Å². The third kappa shape index (κ3) is 5.59. The zero-order chi connectivity index (χ0) is 34.7. The summed E-state index contributed by atoms with van der Waals surface area (Å²) in [4.78, 5) is 35.7. The topological polar surface area (TPSA) is 164 Å². The van der Waals surface area contributed by atoms with Gasteiger partial charge in [-0.2, -0.15) is 5.10 Å². The standard InChI is InChI=1S/C35H32Cl2N6O6/c1-34(33(38)45)17-49-31-23(34)14-26(41-30(31)22-5-4-6-24(36)28(22)37)35(46,20-9-10-39-27(13-20)48-3)16-40-32(44)18-11-19-15-43(21-7-8-21)42-29(19)25(12-18)47-2/h4-6,9-15,21,46H,7-8,16-17H2,1-3H3,(H2,38,45)(H,40,44)/t34-,35+/m0/s1. The highest BCUT2D eigenvalue weighted by Crippen LogP contribution is 2.48. The number of amides is 2. The molecule has 12 nitrogen and oxygen atoms in total. The van der Waals surface area contributed by atoms with Crippen LogP contribution in [0.25, 0.3) is 22.2 Å². The smallest absolute Gasteiger partial charge is 0.251 e. The number of aliphatic hydroxyl groups is 1. The molecule has 7 rings (SSSR count). The van der Waals surface area contributed by atoms with Crippen molar-refractivity contribution in [3.05, 3.63) is 93.4 Å². The van der Waals surface area contributed by atoms with Crippen molar-refractivity contribution in [3.8, 4) is 28.6 Å². The number of nitrogens with two attached hydrogens (primary N) is 1. The Balaban J connectivity index is 1.35. The predicted molar refractivity (Wildman–Crippen MR) is 182 cm³/mol. The van der Waals surface area contributed by atoms with Gasteiger partial charge in [0.1, 0.15) is 40.3 Å². The fourth-order valence-electron chi connectivity index (χ4n) is 6.03. The molecule has 1 aliphatic heterocycles. The van der Waals surface area contributed by atoms with E-state index in [0.29, 0.717) is 39.6 Å². The Kier molecular flexibility index (Phi) is 8.13. The summed E-state index contributed by atoms with van der Waals surface area (Å²) >= 11 is 13.1. The number of aromatic nitrogens is 4. The van der Waals surface area contributed by atoms with Gasteiger partial charge in [-0.1, -0.05) is 35.3 Å². The molecule has 4 heterocycles. The Morgan fingerprint density at radius 2 is 1.96 bits per heavy atom. The maximum absolute atomic E-state index is 13.8. The average Bonchev–Trinajstić information content (AvgIpc) is 3.78. The Labute approximate surface area is 291 Å². The molecule has 1 fully saturated rings. The number of nitrogens with zero attached hydrogens (tertiary/aromatic N) is 4. The van der Waals surface area contributed by atoms with Gasteiger partial charge in [0.05, 0.1) is 42.5 Å². The number of fused-ring (bicyclic) bond motifs is 2. The number of hydrogen-bond acceptors (Lipinski definition) is 9. The van der Waals surface area contributed by atoms with Crippen LogP contribution in [0, 0.1) is 0 Å². The lowest BCUT2D eigenvalue weighted by Crippen LogP contribution is -2.43. The van der Waals surface area contributed by atoms with Crippen molar-refractivity contribution in [2.45, 2.75) is 36.8 Å². The number of rotatable bonds is 10. The number of benzene rings is 2. The maximum atomic E-state index is 13.8. The fraction of sp³-hybridized carbons (Fsp3) is 0.286. The molecule has 2 aromatic carbocycles. The van der Waals surface area contributed by atoms with Crippen LogP contribution in [-0.4, -0.2) is 64.0 Å². The van der Waals surface area contributed by atoms with E-state index in [4.69, 9.17) is 48.1 Å². The molecule has 0 radical (unpaired) electrons. The number of carbonyl (C=O) groups is 2. The Morgan fingerprint density at radius 3 is 2.67 bits per heavy atom. The van der Waals surface area contributed by atoms with Crippen LogP contribution in [0.3, 0.4) is 0 Å². The highest BCUT2D eigenvalue weighted by atomic mass is 35.5. The van der Waals surface area contributed by atoms with Crippen molar-refractivity contribution < 1.29 is 28.9 Å². The molecule has 0 spiro atoms. The van der Waals surface area contributed by atoms with Gasteiger partial charge in [0.2, 0.25) is 11.8 Å². The largest absolute Gasteiger partial charge is 0.494 e. The van der Waals surface area contributed by atoms with E-state index < -0.39 is 22.8 Å². The zero-order valence-corrected chi connectivity index (χ0v) is 28.3. The SMILES string of the molecule is COc1cc([C@](O)(CNC(=O)c2cc(OC)c3nn(C4CC4)cc3c2)c2cc3c(c(-c4cccc(Cl)c4Cl)n2)OC[C@]3(C)C(N)=O)ccn1. The van der Waals surface area contributed by atoms with E-state index in [1.807, 2.05) is 10.9 Å². The molecule has 2 amide bonds. The van der Waals surface area contributed by atoms with Gasteiger partial charge in [-0.25, -0.2) is 9.97 Å². The highest BCUT2D eigenvalue weighted by Gasteiger charge is 2.46. The second-order valence-electron chi connectivity index (χ2n) is 12.4. The van der Waals surface area contributed by atoms with Crippen molar-refractivity contribution in [1.29, 1.82) is 0 Å². The Morgan fingerprint density at radius 1 is 1.16 bits per heavy atom. The number of halogens is 2. The molecule has 2 aliphatic rings. The molecule has 1 aliphatic carbocycles. The van der Waals surface area contributed by atoms with Gasteiger partial charge >= 0.3 is 0 Å². The summed E-state index contributed by atoms with van der Waals surface area (Å²) in [6.45, 7) is 1.23. The number of nitrogens with one attached hydrogen (secondary N) is 1. The van der Waals surface area contributed by atoms with Crippen LogP contribution >= 0.6 is 23.2 Å². The molecule has 0 saturated heterocycles. The first kappa shape index (κ1) is 32.6. The third-order valence-corrected chi connectivity index (χ3v) is 9.99. The van der Waals surface area contributed by atoms with Crippen molar-refractivity contribution in [3.63, 3.8) is 0 Å². The molecule has 5 aromatic rings. The lowest BCUT2D eigenvalue weighted by Gasteiger charge is -2.30. The molecule has 1 saturated carbocycles.